The molecule has 2 amide bonds. The molecule has 0 fully saturated rings. The summed E-state index contributed by atoms with van der Waals surface area (Å²) in [6.07, 6.45) is 0.262. The molecule has 7 heteroatoms. The van der Waals surface area contributed by atoms with Gasteiger partial charge in [0.1, 0.15) is 11.1 Å². The van der Waals surface area contributed by atoms with Gasteiger partial charge in [-0.1, -0.05) is 0 Å². The topological polar surface area (TPSA) is 91.2 Å². The van der Waals surface area contributed by atoms with E-state index in [2.05, 4.69) is 21.4 Å². The summed E-state index contributed by atoms with van der Waals surface area (Å²) >= 11 is 1.40. The largest absolute Gasteiger partial charge is 0.453 e. The van der Waals surface area contributed by atoms with E-state index in [-0.39, 0.29) is 12.3 Å². The van der Waals surface area contributed by atoms with Crippen LogP contribution in [0, 0.1) is 25.2 Å². The van der Waals surface area contributed by atoms with Crippen LogP contribution in [-0.2, 0) is 9.53 Å². The predicted octanol–water partition coefficient (Wildman–Crippen LogP) is 2.31. The molecule has 2 N–H and O–H groups in total. The summed E-state index contributed by atoms with van der Waals surface area (Å²) in [5.41, 5.74) is 1.42. The first kappa shape index (κ1) is 16.0. The van der Waals surface area contributed by atoms with E-state index in [1.807, 2.05) is 13.8 Å². The number of rotatable bonds is 5. The molecule has 0 saturated heterocycles. The lowest BCUT2D eigenvalue weighted by molar-refractivity contribution is -0.116. The van der Waals surface area contributed by atoms with Crippen molar-refractivity contribution in [3.8, 4) is 6.07 Å². The van der Waals surface area contributed by atoms with Crippen molar-refractivity contribution in [3.05, 3.63) is 16.0 Å². The Kier molecular flexibility index (Phi) is 6.00. The molecule has 1 heterocycles. The van der Waals surface area contributed by atoms with Gasteiger partial charge in [-0.15, -0.1) is 11.3 Å². The van der Waals surface area contributed by atoms with E-state index in [9.17, 15) is 9.59 Å². The van der Waals surface area contributed by atoms with Crippen molar-refractivity contribution < 1.29 is 14.3 Å². The average Bonchev–Trinajstić information content (AvgIpc) is 2.69. The second-order valence-corrected chi connectivity index (χ2v) is 5.39. The maximum atomic E-state index is 11.8. The van der Waals surface area contributed by atoms with Gasteiger partial charge in [-0.3, -0.25) is 4.79 Å². The predicted molar refractivity (Wildman–Crippen MR) is 76.8 cm³/mol. The number of nitrogens with zero attached hydrogens (tertiary/aromatic N) is 1. The van der Waals surface area contributed by atoms with Crippen LogP contribution in [0.1, 0.15) is 28.8 Å². The van der Waals surface area contributed by atoms with Gasteiger partial charge in [0.15, 0.2) is 0 Å². The Morgan fingerprint density at radius 1 is 1.40 bits per heavy atom. The first-order valence-electron chi connectivity index (χ1n) is 6.11. The third kappa shape index (κ3) is 4.24. The number of anilines is 1. The highest BCUT2D eigenvalue weighted by molar-refractivity contribution is 7.16. The molecule has 0 unspecified atom stereocenters. The molecule has 0 spiro atoms. The van der Waals surface area contributed by atoms with Crippen molar-refractivity contribution in [2.24, 2.45) is 0 Å². The van der Waals surface area contributed by atoms with Gasteiger partial charge in [0.05, 0.1) is 12.7 Å². The Labute approximate surface area is 121 Å². The number of thiophene rings is 1. The van der Waals surface area contributed by atoms with Crippen molar-refractivity contribution in [2.45, 2.75) is 26.7 Å². The Balaban J connectivity index is 2.46. The van der Waals surface area contributed by atoms with Crippen LogP contribution in [0.15, 0.2) is 0 Å². The van der Waals surface area contributed by atoms with Gasteiger partial charge in [-0.2, -0.15) is 5.26 Å². The fourth-order valence-corrected chi connectivity index (χ4v) is 2.58. The van der Waals surface area contributed by atoms with Gasteiger partial charge in [0, 0.05) is 17.8 Å². The first-order valence-corrected chi connectivity index (χ1v) is 6.93. The summed E-state index contributed by atoms with van der Waals surface area (Å²) in [5.74, 6) is -0.172. The van der Waals surface area contributed by atoms with Gasteiger partial charge in [-0.05, 0) is 25.8 Å². The lowest BCUT2D eigenvalue weighted by Crippen LogP contribution is -2.25. The summed E-state index contributed by atoms with van der Waals surface area (Å²) in [6, 6.07) is 2.10. The summed E-state index contributed by atoms with van der Waals surface area (Å²) in [5, 5.41) is 14.9. The molecule has 20 heavy (non-hydrogen) atoms. The normalized spacial score (nSPS) is 9.70. The molecular formula is C13H17N3O3S. The lowest BCUT2D eigenvalue weighted by atomic mass is 10.2. The van der Waals surface area contributed by atoms with Crippen LogP contribution < -0.4 is 10.6 Å². The van der Waals surface area contributed by atoms with Crippen molar-refractivity contribution in [3.63, 3.8) is 0 Å². The fraction of sp³-hybridized carbons (Fsp3) is 0.462. The molecule has 0 atom stereocenters. The molecule has 0 radical (unpaired) electrons. The highest BCUT2D eigenvalue weighted by Crippen LogP contribution is 2.31. The third-order valence-corrected chi connectivity index (χ3v) is 3.91. The van der Waals surface area contributed by atoms with Crippen molar-refractivity contribution in [1.82, 2.24) is 5.32 Å². The van der Waals surface area contributed by atoms with E-state index in [0.29, 0.717) is 23.5 Å². The van der Waals surface area contributed by atoms with E-state index < -0.39 is 6.09 Å². The molecule has 0 saturated carbocycles. The SMILES string of the molecule is COC(=O)NCCCC(=O)Nc1sc(C)c(C)c1C#N. The second kappa shape index (κ2) is 7.50. The number of amides is 2. The maximum absolute atomic E-state index is 11.8. The summed E-state index contributed by atoms with van der Waals surface area (Å²) in [4.78, 5) is 23.6. The van der Waals surface area contributed by atoms with Crippen LogP contribution in [0.25, 0.3) is 0 Å². The lowest BCUT2D eigenvalue weighted by Gasteiger charge is -2.04. The van der Waals surface area contributed by atoms with E-state index in [4.69, 9.17) is 5.26 Å². The number of nitriles is 1. The number of nitrogens with one attached hydrogen (secondary N) is 2. The molecule has 0 aromatic carbocycles. The number of ether oxygens (including phenoxy) is 1. The highest BCUT2D eigenvalue weighted by Gasteiger charge is 2.14. The average molecular weight is 295 g/mol. The van der Waals surface area contributed by atoms with Crippen molar-refractivity contribution >= 4 is 28.3 Å². The second-order valence-electron chi connectivity index (χ2n) is 4.17. The number of carbonyl (C=O) groups excluding carboxylic acids is 2. The number of alkyl carbamates (subject to hydrolysis) is 1. The summed E-state index contributed by atoms with van der Waals surface area (Å²) in [7, 11) is 1.28. The molecule has 108 valence electrons. The molecule has 0 aliphatic heterocycles. The number of aryl methyl sites for hydroxylation is 1. The molecule has 1 aromatic rings. The van der Waals surface area contributed by atoms with Crippen molar-refractivity contribution in [1.29, 1.82) is 5.26 Å². The quantitative estimate of drug-likeness (QED) is 0.815. The molecule has 6 nitrogen and oxygen atoms in total. The molecular weight excluding hydrogens is 278 g/mol. The minimum absolute atomic E-state index is 0.172. The standard InChI is InChI=1S/C13H17N3O3S/c1-8-9(2)20-12(10(8)7-14)16-11(17)5-4-6-15-13(18)19-3/h4-6H2,1-3H3,(H,15,18)(H,16,17). The minimum Gasteiger partial charge on any atom is -0.453 e. The summed E-state index contributed by atoms with van der Waals surface area (Å²) < 4.78 is 4.41. The van der Waals surface area contributed by atoms with Crippen LogP contribution in [0.3, 0.4) is 0 Å². The van der Waals surface area contributed by atoms with Gasteiger partial charge in [-0.25, -0.2) is 4.79 Å². The third-order valence-electron chi connectivity index (χ3n) is 2.79. The number of hydrogen-bond donors (Lipinski definition) is 2. The molecule has 0 bridgehead atoms. The Bertz CT molecular complexity index is 546. The van der Waals surface area contributed by atoms with Crippen LogP contribution >= 0.6 is 11.3 Å². The fourth-order valence-electron chi connectivity index (χ4n) is 1.55. The molecule has 0 aliphatic rings. The maximum Gasteiger partial charge on any atom is 0.406 e. The van der Waals surface area contributed by atoms with Crippen molar-refractivity contribution in [2.75, 3.05) is 19.0 Å². The number of hydrogen-bond acceptors (Lipinski definition) is 5. The Morgan fingerprint density at radius 3 is 2.70 bits per heavy atom. The molecule has 1 rings (SSSR count). The first-order chi connectivity index (χ1) is 9.49. The van der Waals surface area contributed by atoms with E-state index in [0.717, 1.165) is 10.4 Å². The van der Waals surface area contributed by atoms with E-state index in [1.165, 1.54) is 18.4 Å². The van der Waals surface area contributed by atoms with E-state index in [1.54, 1.807) is 0 Å². The van der Waals surface area contributed by atoms with Gasteiger partial charge >= 0.3 is 6.09 Å². The zero-order valence-electron chi connectivity index (χ0n) is 11.7. The Hall–Kier alpha value is -2.07. The Morgan fingerprint density at radius 2 is 2.10 bits per heavy atom. The highest BCUT2D eigenvalue weighted by atomic mass is 32.1. The van der Waals surface area contributed by atoms with E-state index >= 15 is 0 Å². The smallest absolute Gasteiger partial charge is 0.406 e. The summed E-state index contributed by atoms with van der Waals surface area (Å²) in [6.45, 7) is 4.14. The number of methoxy groups -OCH3 is 1. The zero-order valence-corrected chi connectivity index (χ0v) is 12.5. The van der Waals surface area contributed by atoms with Crippen LogP contribution in [0.4, 0.5) is 9.80 Å². The van der Waals surface area contributed by atoms with Gasteiger partial charge in [0.2, 0.25) is 5.91 Å². The monoisotopic (exact) mass is 295 g/mol. The van der Waals surface area contributed by atoms with Gasteiger partial charge < -0.3 is 15.4 Å². The minimum atomic E-state index is -0.512. The molecule has 0 aliphatic carbocycles. The van der Waals surface area contributed by atoms with Crippen LogP contribution in [-0.4, -0.2) is 25.7 Å². The number of carbonyl (C=O) groups is 2. The molecule has 1 aromatic heterocycles. The zero-order chi connectivity index (χ0) is 15.1. The van der Waals surface area contributed by atoms with Gasteiger partial charge in [0.25, 0.3) is 0 Å². The van der Waals surface area contributed by atoms with Crippen LogP contribution in [0.5, 0.6) is 0 Å². The van der Waals surface area contributed by atoms with Crippen LogP contribution in [0.2, 0.25) is 0 Å².